The Kier molecular flexibility index (Phi) is 1.85. The van der Waals surface area contributed by atoms with Crippen molar-refractivity contribution in [2.45, 2.75) is 18.6 Å². The summed E-state index contributed by atoms with van der Waals surface area (Å²) >= 11 is 0. The van der Waals surface area contributed by atoms with Crippen LogP contribution in [0.5, 0.6) is 0 Å². The van der Waals surface area contributed by atoms with Crippen LogP contribution in [0.3, 0.4) is 0 Å². The topological polar surface area (TPSA) is 72.6 Å². The second-order valence-electron chi connectivity index (χ2n) is 3.58. The quantitative estimate of drug-likeness (QED) is 0.476. The van der Waals surface area contributed by atoms with E-state index < -0.39 is 6.10 Å². The summed E-state index contributed by atoms with van der Waals surface area (Å²) in [7, 11) is 1.48. The summed E-state index contributed by atoms with van der Waals surface area (Å²) in [5, 5.41) is 0. The summed E-state index contributed by atoms with van der Waals surface area (Å²) in [6, 6.07) is -0.174. The Morgan fingerprint density at radius 3 is 2.92 bits per heavy atom. The Morgan fingerprint density at radius 2 is 2.23 bits per heavy atom. The maximum absolute atomic E-state index is 11.5. The molecule has 3 atom stereocenters. The van der Waals surface area contributed by atoms with Crippen molar-refractivity contribution in [1.29, 1.82) is 0 Å². The Morgan fingerprint density at radius 1 is 1.54 bits per heavy atom. The summed E-state index contributed by atoms with van der Waals surface area (Å²) in [5.74, 6) is -0.530. The number of rotatable bonds is 0. The number of carbonyl (C=O) groups is 2. The van der Waals surface area contributed by atoms with E-state index in [2.05, 4.69) is 0 Å². The van der Waals surface area contributed by atoms with Crippen molar-refractivity contribution < 1.29 is 14.3 Å². The van der Waals surface area contributed by atoms with Gasteiger partial charge in [0.2, 0.25) is 5.91 Å². The number of imide groups is 1. The molecule has 0 aromatic heterocycles. The van der Waals surface area contributed by atoms with Gasteiger partial charge in [-0.2, -0.15) is 0 Å². The zero-order chi connectivity index (χ0) is 9.59. The molecule has 5 heteroatoms. The first kappa shape index (κ1) is 8.65. The van der Waals surface area contributed by atoms with Gasteiger partial charge in [-0.15, -0.1) is 0 Å². The van der Waals surface area contributed by atoms with E-state index >= 15 is 0 Å². The second kappa shape index (κ2) is 2.78. The predicted octanol–water partition coefficient (Wildman–Crippen LogP) is -1.28. The van der Waals surface area contributed by atoms with Crippen LogP contribution < -0.4 is 5.73 Å². The summed E-state index contributed by atoms with van der Waals surface area (Å²) in [4.78, 5) is 23.9. The first-order valence-electron chi connectivity index (χ1n) is 4.29. The molecule has 72 valence electrons. The summed E-state index contributed by atoms with van der Waals surface area (Å²) in [6.45, 7) is 0.377. The molecule has 0 aliphatic carbocycles. The van der Waals surface area contributed by atoms with E-state index in [1.807, 2.05) is 0 Å². The van der Waals surface area contributed by atoms with Crippen molar-refractivity contribution in [3.05, 3.63) is 0 Å². The number of carbonyl (C=O) groups excluding carboxylic acids is 2. The fraction of sp³-hybridized carbons (Fsp3) is 0.750. The molecule has 2 N–H and O–H groups in total. The Labute approximate surface area is 75.8 Å². The average Bonchev–Trinajstić information content (AvgIpc) is 2.45. The molecule has 5 nitrogen and oxygen atoms in total. The van der Waals surface area contributed by atoms with E-state index in [0.717, 1.165) is 4.90 Å². The lowest BCUT2D eigenvalue weighted by atomic mass is 9.89. The number of nitrogens with zero attached hydrogens (tertiary/aromatic N) is 1. The van der Waals surface area contributed by atoms with Crippen LogP contribution >= 0.6 is 0 Å². The molecule has 2 rings (SSSR count). The van der Waals surface area contributed by atoms with Crippen LogP contribution in [0.2, 0.25) is 0 Å². The van der Waals surface area contributed by atoms with Gasteiger partial charge in [0.05, 0.1) is 6.61 Å². The summed E-state index contributed by atoms with van der Waals surface area (Å²) in [5.41, 5.74) is 5.71. The van der Waals surface area contributed by atoms with Gasteiger partial charge >= 0.3 is 0 Å². The molecule has 2 aliphatic heterocycles. The molecule has 0 aromatic carbocycles. The molecule has 2 saturated heterocycles. The van der Waals surface area contributed by atoms with E-state index in [1.54, 1.807) is 0 Å². The lowest BCUT2D eigenvalue weighted by Crippen LogP contribution is -2.51. The fourth-order valence-electron chi connectivity index (χ4n) is 1.85. The minimum atomic E-state index is -0.488. The van der Waals surface area contributed by atoms with Crippen molar-refractivity contribution in [3.8, 4) is 0 Å². The number of amides is 2. The van der Waals surface area contributed by atoms with Crippen LogP contribution in [0.1, 0.15) is 6.42 Å². The van der Waals surface area contributed by atoms with Gasteiger partial charge in [0.15, 0.2) is 0 Å². The van der Waals surface area contributed by atoms with E-state index in [4.69, 9.17) is 10.5 Å². The van der Waals surface area contributed by atoms with Crippen molar-refractivity contribution in [2.75, 3.05) is 13.7 Å². The summed E-state index contributed by atoms with van der Waals surface area (Å²) < 4.78 is 5.23. The SMILES string of the molecule is CN1C(=O)CC2C(N)COC2C1=O. The molecule has 0 bridgehead atoms. The van der Waals surface area contributed by atoms with Gasteiger partial charge in [0.1, 0.15) is 6.10 Å². The molecule has 2 aliphatic rings. The number of nitrogens with two attached hydrogens (primary N) is 1. The maximum atomic E-state index is 11.5. The molecule has 2 heterocycles. The normalized spacial score (nSPS) is 39.5. The minimum absolute atomic E-state index is 0.115. The number of hydrogen-bond donors (Lipinski definition) is 1. The number of likely N-dealkylation sites (N-methyl/N-ethyl adjacent to an activating group) is 1. The lowest BCUT2D eigenvalue weighted by Gasteiger charge is -2.30. The standard InChI is InChI=1S/C8H12N2O3/c1-10-6(11)2-4-5(9)3-13-7(4)8(10)12/h4-5,7H,2-3,9H2,1H3. The average molecular weight is 184 g/mol. The number of fused-ring (bicyclic) bond motifs is 1. The van der Waals surface area contributed by atoms with Gasteiger partial charge in [0, 0.05) is 25.4 Å². The van der Waals surface area contributed by atoms with Crippen LogP contribution in [-0.2, 0) is 14.3 Å². The third kappa shape index (κ3) is 1.15. The van der Waals surface area contributed by atoms with Crippen LogP contribution in [-0.4, -0.2) is 42.5 Å². The first-order valence-corrected chi connectivity index (χ1v) is 4.29. The van der Waals surface area contributed by atoms with Crippen LogP contribution in [0.4, 0.5) is 0 Å². The van der Waals surface area contributed by atoms with E-state index in [9.17, 15) is 9.59 Å². The predicted molar refractivity (Wildman–Crippen MR) is 43.6 cm³/mol. The minimum Gasteiger partial charge on any atom is -0.366 e. The highest BCUT2D eigenvalue weighted by atomic mass is 16.5. The van der Waals surface area contributed by atoms with Crippen LogP contribution in [0.25, 0.3) is 0 Å². The number of likely N-dealkylation sites (tertiary alicyclic amines) is 1. The smallest absolute Gasteiger partial charge is 0.258 e. The molecule has 2 fully saturated rings. The van der Waals surface area contributed by atoms with Crippen molar-refractivity contribution in [3.63, 3.8) is 0 Å². The van der Waals surface area contributed by atoms with Crippen LogP contribution in [0, 0.1) is 5.92 Å². The van der Waals surface area contributed by atoms with Crippen molar-refractivity contribution >= 4 is 11.8 Å². The Bertz CT molecular complexity index is 266. The first-order chi connectivity index (χ1) is 6.11. The maximum Gasteiger partial charge on any atom is 0.258 e. The molecule has 0 spiro atoms. The Balaban J connectivity index is 2.23. The monoisotopic (exact) mass is 184 g/mol. The zero-order valence-corrected chi connectivity index (χ0v) is 7.40. The lowest BCUT2D eigenvalue weighted by molar-refractivity contribution is -0.156. The number of hydrogen-bond acceptors (Lipinski definition) is 4. The van der Waals surface area contributed by atoms with E-state index in [-0.39, 0.29) is 23.8 Å². The third-order valence-corrected chi connectivity index (χ3v) is 2.77. The molecule has 3 unspecified atom stereocenters. The third-order valence-electron chi connectivity index (χ3n) is 2.77. The molecule has 0 saturated carbocycles. The van der Waals surface area contributed by atoms with Crippen molar-refractivity contribution in [1.82, 2.24) is 4.90 Å². The molecular weight excluding hydrogens is 172 g/mol. The molecule has 2 amide bonds. The highest BCUT2D eigenvalue weighted by Crippen LogP contribution is 2.29. The number of piperidine rings is 1. The van der Waals surface area contributed by atoms with Gasteiger partial charge in [0.25, 0.3) is 5.91 Å². The summed E-state index contributed by atoms with van der Waals surface area (Å²) in [6.07, 6.45) is -0.161. The second-order valence-corrected chi connectivity index (χ2v) is 3.58. The largest absolute Gasteiger partial charge is 0.366 e. The molecule has 0 aromatic rings. The van der Waals surface area contributed by atoms with Gasteiger partial charge in [-0.05, 0) is 0 Å². The van der Waals surface area contributed by atoms with Crippen molar-refractivity contribution in [2.24, 2.45) is 11.7 Å². The molecular formula is C8H12N2O3. The van der Waals surface area contributed by atoms with Gasteiger partial charge in [-0.1, -0.05) is 0 Å². The van der Waals surface area contributed by atoms with Gasteiger partial charge < -0.3 is 10.5 Å². The molecule has 0 radical (unpaired) electrons. The highest BCUT2D eigenvalue weighted by molar-refractivity contribution is 6.00. The van der Waals surface area contributed by atoms with E-state index in [0.29, 0.717) is 13.0 Å². The van der Waals surface area contributed by atoms with Gasteiger partial charge in [-0.25, -0.2) is 0 Å². The van der Waals surface area contributed by atoms with Crippen LogP contribution in [0.15, 0.2) is 0 Å². The fourth-order valence-corrected chi connectivity index (χ4v) is 1.85. The molecule has 13 heavy (non-hydrogen) atoms. The zero-order valence-electron chi connectivity index (χ0n) is 7.40. The van der Waals surface area contributed by atoms with E-state index in [1.165, 1.54) is 7.05 Å². The highest BCUT2D eigenvalue weighted by Gasteiger charge is 2.47. The van der Waals surface area contributed by atoms with Gasteiger partial charge in [-0.3, -0.25) is 14.5 Å². The Hall–Kier alpha value is -0.940. The number of ether oxygens (including phenoxy) is 1.